The normalized spacial score (nSPS) is 26.0. The number of fused-ring (bicyclic) bond motifs is 3. The molecule has 0 radical (unpaired) electrons. The van der Waals surface area contributed by atoms with Gasteiger partial charge in [0.1, 0.15) is 5.75 Å². The van der Waals surface area contributed by atoms with Crippen LogP contribution in [0, 0.1) is 5.92 Å². The number of benzene rings is 2. The predicted molar refractivity (Wildman–Crippen MR) is 123 cm³/mol. The fourth-order valence-electron chi connectivity index (χ4n) is 6.09. The largest absolute Gasteiger partial charge is 0.508 e. The first-order valence-corrected chi connectivity index (χ1v) is 11.4. The number of likely N-dealkylation sites (N-methyl/N-ethyl adjacent to an activating group) is 1. The molecule has 2 N–H and O–H groups in total. The van der Waals surface area contributed by atoms with Crippen molar-refractivity contribution in [2.75, 3.05) is 17.3 Å². The molecule has 0 unspecified atom stereocenters. The minimum Gasteiger partial charge on any atom is -0.508 e. The summed E-state index contributed by atoms with van der Waals surface area (Å²) in [6.07, 6.45) is 7.35. The predicted octanol–water partition coefficient (Wildman–Crippen LogP) is 6.11. The standard InChI is InChI=1S/C26H36N2O/c1-5-26-15-7-6-8-23(26)25(16-19-9-14-22(29)17-24(19)26)28(4)21-12-10-20(11-13-21)27-18(2)3/h9-14,17-18,23,25,27,29H,5-8,15-16H2,1-4H3/t23-,25+,26-/m1/s1. The molecular formula is C26H36N2O. The van der Waals surface area contributed by atoms with Crippen molar-refractivity contribution in [2.24, 2.45) is 5.92 Å². The highest BCUT2D eigenvalue weighted by molar-refractivity contribution is 5.57. The van der Waals surface area contributed by atoms with Crippen molar-refractivity contribution in [1.29, 1.82) is 0 Å². The third-order valence-corrected chi connectivity index (χ3v) is 7.48. The Kier molecular flexibility index (Phi) is 5.50. The molecule has 156 valence electrons. The van der Waals surface area contributed by atoms with Crippen molar-refractivity contribution in [2.45, 2.75) is 76.8 Å². The van der Waals surface area contributed by atoms with Gasteiger partial charge in [-0.25, -0.2) is 0 Å². The zero-order valence-corrected chi connectivity index (χ0v) is 18.4. The molecule has 2 aromatic carbocycles. The monoisotopic (exact) mass is 392 g/mol. The number of phenolic OH excluding ortho intramolecular Hbond substituents is 1. The van der Waals surface area contributed by atoms with Gasteiger partial charge in [-0.3, -0.25) is 0 Å². The average Bonchev–Trinajstić information content (AvgIpc) is 2.73. The first-order valence-electron chi connectivity index (χ1n) is 11.4. The highest BCUT2D eigenvalue weighted by Crippen LogP contribution is 2.54. The van der Waals surface area contributed by atoms with E-state index in [1.807, 2.05) is 6.07 Å². The van der Waals surface area contributed by atoms with Gasteiger partial charge in [0.05, 0.1) is 0 Å². The van der Waals surface area contributed by atoms with Crippen molar-refractivity contribution in [3.05, 3.63) is 53.6 Å². The Hall–Kier alpha value is -2.16. The Morgan fingerprint density at radius 1 is 1.14 bits per heavy atom. The van der Waals surface area contributed by atoms with Crippen LogP contribution in [0.4, 0.5) is 11.4 Å². The van der Waals surface area contributed by atoms with E-state index in [0.29, 0.717) is 23.8 Å². The molecule has 4 rings (SSSR count). The lowest BCUT2D eigenvalue weighted by molar-refractivity contribution is 0.131. The van der Waals surface area contributed by atoms with E-state index in [0.717, 1.165) is 12.8 Å². The van der Waals surface area contributed by atoms with E-state index in [-0.39, 0.29) is 5.41 Å². The molecule has 1 saturated carbocycles. The van der Waals surface area contributed by atoms with E-state index < -0.39 is 0 Å². The van der Waals surface area contributed by atoms with Gasteiger partial charge >= 0.3 is 0 Å². The Bertz CT molecular complexity index is 844. The Labute approximate surface area is 176 Å². The summed E-state index contributed by atoms with van der Waals surface area (Å²) in [7, 11) is 2.27. The van der Waals surface area contributed by atoms with Crippen molar-refractivity contribution in [1.82, 2.24) is 0 Å². The summed E-state index contributed by atoms with van der Waals surface area (Å²) in [6, 6.07) is 16.0. The molecule has 0 amide bonds. The molecule has 0 aliphatic heterocycles. The van der Waals surface area contributed by atoms with Gasteiger partial charge < -0.3 is 15.3 Å². The molecule has 0 bridgehead atoms. The summed E-state index contributed by atoms with van der Waals surface area (Å²) in [4.78, 5) is 2.52. The van der Waals surface area contributed by atoms with Gasteiger partial charge in [-0.2, -0.15) is 0 Å². The Morgan fingerprint density at radius 3 is 2.59 bits per heavy atom. The lowest BCUT2D eigenvalue weighted by Crippen LogP contribution is -2.54. The van der Waals surface area contributed by atoms with Crippen molar-refractivity contribution in [3.8, 4) is 5.75 Å². The van der Waals surface area contributed by atoms with Gasteiger partial charge in [0.15, 0.2) is 0 Å². The minimum absolute atomic E-state index is 0.197. The first kappa shape index (κ1) is 20.1. The molecule has 2 aromatic rings. The second-order valence-corrected chi connectivity index (χ2v) is 9.43. The van der Waals surface area contributed by atoms with E-state index in [1.54, 1.807) is 0 Å². The van der Waals surface area contributed by atoms with Gasteiger partial charge in [-0.05, 0) is 93.0 Å². The van der Waals surface area contributed by atoms with Crippen LogP contribution in [-0.2, 0) is 11.8 Å². The van der Waals surface area contributed by atoms with Gasteiger partial charge in [0, 0.05) is 35.9 Å². The molecular weight excluding hydrogens is 356 g/mol. The third kappa shape index (κ3) is 3.60. The molecule has 0 aromatic heterocycles. The van der Waals surface area contributed by atoms with E-state index in [9.17, 15) is 5.11 Å². The average molecular weight is 393 g/mol. The molecule has 3 nitrogen and oxygen atoms in total. The fraction of sp³-hybridized carbons (Fsp3) is 0.538. The van der Waals surface area contributed by atoms with Crippen LogP contribution in [0.1, 0.15) is 64.0 Å². The topological polar surface area (TPSA) is 35.5 Å². The summed E-state index contributed by atoms with van der Waals surface area (Å²) in [5.41, 5.74) is 5.52. The molecule has 3 atom stereocenters. The summed E-state index contributed by atoms with van der Waals surface area (Å²) < 4.78 is 0. The Balaban J connectivity index is 1.69. The summed E-state index contributed by atoms with van der Waals surface area (Å²) in [5, 5.41) is 13.7. The molecule has 0 heterocycles. The van der Waals surface area contributed by atoms with Crippen molar-refractivity contribution < 1.29 is 5.11 Å². The second kappa shape index (κ2) is 7.93. The second-order valence-electron chi connectivity index (χ2n) is 9.43. The van der Waals surface area contributed by atoms with Crippen LogP contribution in [0.5, 0.6) is 5.75 Å². The molecule has 2 aliphatic rings. The fourth-order valence-corrected chi connectivity index (χ4v) is 6.09. The number of aromatic hydroxyl groups is 1. The maximum atomic E-state index is 10.2. The van der Waals surface area contributed by atoms with E-state index in [2.05, 4.69) is 74.4 Å². The Morgan fingerprint density at radius 2 is 1.90 bits per heavy atom. The van der Waals surface area contributed by atoms with E-state index in [1.165, 1.54) is 48.2 Å². The van der Waals surface area contributed by atoms with Gasteiger partial charge in [0.25, 0.3) is 0 Å². The van der Waals surface area contributed by atoms with Crippen LogP contribution in [0.15, 0.2) is 42.5 Å². The zero-order chi connectivity index (χ0) is 20.6. The number of anilines is 2. The van der Waals surface area contributed by atoms with E-state index in [4.69, 9.17) is 0 Å². The molecule has 1 fully saturated rings. The van der Waals surface area contributed by atoms with Crippen LogP contribution in [0.2, 0.25) is 0 Å². The highest BCUT2D eigenvalue weighted by atomic mass is 16.3. The maximum absolute atomic E-state index is 10.2. The quantitative estimate of drug-likeness (QED) is 0.644. The van der Waals surface area contributed by atoms with Crippen LogP contribution >= 0.6 is 0 Å². The number of phenols is 1. The number of nitrogens with one attached hydrogen (secondary N) is 1. The van der Waals surface area contributed by atoms with Gasteiger partial charge in [-0.1, -0.05) is 25.8 Å². The number of rotatable bonds is 5. The SMILES string of the molecule is CC[C@@]12CCCC[C@@H]1[C@@H](N(C)c1ccc(NC(C)C)cc1)Cc1ccc(O)cc12. The van der Waals surface area contributed by atoms with E-state index >= 15 is 0 Å². The lowest BCUT2D eigenvalue weighted by Gasteiger charge is -2.54. The van der Waals surface area contributed by atoms with Gasteiger partial charge in [0.2, 0.25) is 0 Å². The third-order valence-electron chi connectivity index (χ3n) is 7.48. The molecule has 2 aliphatic carbocycles. The van der Waals surface area contributed by atoms with Gasteiger partial charge in [-0.15, -0.1) is 0 Å². The summed E-state index contributed by atoms with van der Waals surface area (Å²) in [6.45, 7) is 6.69. The highest BCUT2D eigenvalue weighted by Gasteiger charge is 2.49. The smallest absolute Gasteiger partial charge is 0.115 e. The van der Waals surface area contributed by atoms with Crippen LogP contribution < -0.4 is 10.2 Å². The first-order chi connectivity index (χ1) is 13.9. The van der Waals surface area contributed by atoms with Crippen molar-refractivity contribution >= 4 is 11.4 Å². The minimum atomic E-state index is 0.197. The maximum Gasteiger partial charge on any atom is 0.115 e. The lowest BCUT2D eigenvalue weighted by atomic mass is 9.54. The molecule has 0 spiro atoms. The zero-order valence-electron chi connectivity index (χ0n) is 18.4. The van der Waals surface area contributed by atoms with Crippen LogP contribution in [-0.4, -0.2) is 24.2 Å². The summed E-state index contributed by atoms with van der Waals surface area (Å²) in [5.74, 6) is 1.05. The molecule has 3 heteroatoms. The van der Waals surface area contributed by atoms with Crippen LogP contribution in [0.25, 0.3) is 0 Å². The molecule has 29 heavy (non-hydrogen) atoms. The molecule has 0 saturated heterocycles. The van der Waals surface area contributed by atoms with Crippen LogP contribution in [0.3, 0.4) is 0 Å². The van der Waals surface area contributed by atoms with Crippen molar-refractivity contribution in [3.63, 3.8) is 0 Å². The number of nitrogens with zero attached hydrogens (tertiary/aromatic N) is 1. The number of hydrogen-bond acceptors (Lipinski definition) is 3. The number of hydrogen-bond donors (Lipinski definition) is 2. The summed E-state index contributed by atoms with van der Waals surface area (Å²) >= 11 is 0.